The van der Waals surface area contributed by atoms with Crippen molar-refractivity contribution in [3.05, 3.63) is 53.9 Å². The number of methoxy groups -OCH3 is 1. The lowest BCUT2D eigenvalue weighted by molar-refractivity contribution is -0.0494. The molecule has 0 saturated carbocycles. The van der Waals surface area contributed by atoms with Crippen molar-refractivity contribution in [1.82, 2.24) is 5.16 Å². The van der Waals surface area contributed by atoms with Gasteiger partial charge < -0.3 is 14.0 Å². The molecule has 0 aliphatic heterocycles. The number of hydrogen-bond donors (Lipinski definition) is 1. The second-order valence-corrected chi connectivity index (χ2v) is 7.70. The Hall–Kier alpha value is -3.14. The van der Waals surface area contributed by atoms with Crippen LogP contribution < -0.4 is 14.2 Å². The largest absolute Gasteiger partial charge is 0.497 e. The van der Waals surface area contributed by atoms with Crippen molar-refractivity contribution in [2.45, 2.75) is 25.4 Å². The van der Waals surface area contributed by atoms with Crippen molar-refractivity contribution in [2.24, 2.45) is 0 Å². The van der Waals surface area contributed by atoms with E-state index in [2.05, 4.69) is 14.6 Å². The molecule has 0 amide bonds. The number of sulfonamides is 1. The van der Waals surface area contributed by atoms with Crippen LogP contribution in [0.25, 0.3) is 11.1 Å². The fraction of sp³-hybridized carbons (Fsp3) is 0.211. The highest BCUT2D eigenvalue weighted by molar-refractivity contribution is 7.92. The third-order valence-electron chi connectivity index (χ3n) is 4.09. The molecule has 7 nitrogen and oxygen atoms in total. The molecule has 3 aromatic rings. The van der Waals surface area contributed by atoms with Gasteiger partial charge in [-0.15, -0.1) is 0 Å². The number of halogens is 2. The van der Waals surface area contributed by atoms with Gasteiger partial charge in [0.15, 0.2) is 10.7 Å². The highest BCUT2D eigenvalue weighted by Gasteiger charge is 2.25. The predicted molar refractivity (Wildman–Crippen MR) is 102 cm³/mol. The summed E-state index contributed by atoms with van der Waals surface area (Å²) < 4.78 is 68.1. The Morgan fingerprint density at radius 1 is 1.10 bits per heavy atom. The van der Waals surface area contributed by atoms with Crippen molar-refractivity contribution in [2.75, 3.05) is 11.8 Å². The highest BCUT2D eigenvalue weighted by Crippen LogP contribution is 2.35. The van der Waals surface area contributed by atoms with Crippen molar-refractivity contribution in [1.29, 1.82) is 0 Å². The van der Waals surface area contributed by atoms with Gasteiger partial charge in [-0.25, -0.2) is 8.42 Å². The van der Waals surface area contributed by atoms with Crippen LogP contribution in [-0.4, -0.2) is 27.3 Å². The van der Waals surface area contributed by atoms with E-state index in [0.29, 0.717) is 11.3 Å². The van der Waals surface area contributed by atoms with Crippen LogP contribution in [0.1, 0.15) is 11.5 Å². The van der Waals surface area contributed by atoms with Gasteiger partial charge in [-0.05, 0) is 49.7 Å². The molecule has 0 radical (unpaired) electrons. The maximum Gasteiger partial charge on any atom is 0.387 e. The lowest BCUT2D eigenvalue weighted by atomic mass is 10.0. The van der Waals surface area contributed by atoms with Crippen molar-refractivity contribution >= 4 is 15.7 Å². The van der Waals surface area contributed by atoms with E-state index < -0.39 is 16.6 Å². The SMILES string of the molecule is COc1ccc(-c2cc(NS(=O)(=O)c3c(C)noc3C)ccc2OC(F)F)cc1. The molecule has 0 unspecified atom stereocenters. The van der Waals surface area contributed by atoms with Crippen LogP contribution in [0.15, 0.2) is 51.9 Å². The first-order valence-corrected chi connectivity index (χ1v) is 9.88. The van der Waals surface area contributed by atoms with E-state index >= 15 is 0 Å². The van der Waals surface area contributed by atoms with Gasteiger partial charge in [0.05, 0.1) is 7.11 Å². The van der Waals surface area contributed by atoms with Crippen LogP contribution in [0.4, 0.5) is 14.5 Å². The molecule has 0 fully saturated rings. The maximum atomic E-state index is 12.8. The van der Waals surface area contributed by atoms with Gasteiger partial charge in [0.25, 0.3) is 10.0 Å². The lowest BCUT2D eigenvalue weighted by Crippen LogP contribution is -2.14. The maximum absolute atomic E-state index is 12.8. The minimum Gasteiger partial charge on any atom is -0.497 e. The van der Waals surface area contributed by atoms with Gasteiger partial charge in [-0.1, -0.05) is 17.3 Å². The summed E-state index contributed by atoms with van der Waals surface area (Å²) in [5.41, 5.74) is 1.20. The number of ether oxygens (including phenoxy) is 2. The van der Waals surface area contributed by atoms with Gasteiger partial charge in [-0.2, -0.15) is 8.78 Å². The molecule has 1 heterocycles. The number of nitrogens with zero attached hydrogens (tertiary/aromatic N) is 1. The number of alkyl halides is 2. The number of benzene rings is 2. The van der Waals surface area contributed by atoms with E-state index in [0.717, 1.165) is 0 Å². The first-order valence-electron chi connectivity index (χ1n) is 8.40. The quantitative estimate of drug-likeness (QED) is 0.606. The van der Waals surface area contributed by atoms with Crippen LogP contribution in [0.2, 0.25) is 0 Å². The number of aromatic nitrogens is 1. The normalized spacial score (nSPS) is 11.5. The molecule has 0 saturated heterocycles. The minimum atomic E-state index is -3.99. The van der Waals surface area contributed by atoms with E-state index in [1.165, 1.54) is 39.2 Å². The predicted octanol–water partition coefficient (Wildman–Crippen LogP) is 4.37. The molecule has 0 aliphatic carbocycles. The standard InChI is InChI=1S/C19H18F2N2O5S/c1-11-18(12(2)28-22-11)29(24,25)23-14-6-9-17(27-19(20)21)16(10-14)13-4-7-15(26-3)8-5-13/h4-10,19,23H,1-3H3. The Kier molecular flexibility index (Phi) is 5.73. The van der Waals surface area contributed by atoms with Gasteiger partial charge in [0.2, 0.25) is 0 Å². The van der Waals surface area contributed by atoms with E-state index in [-0.39, 0.29) is 33.4 Å². The van der Waals surface area contributed by atoms with Gasteiger partial charge >= 0.3 is 6.61 Å². The molecule has 3 rings (SSSR count). The summed E-state index contributed by atoms with van der Waals surface area (Å²) in [6.45, 7) is -0.0403. The molecule has 154 valence electrons. The second-order valence-electron chi connectivity index (χ2n) is 6.08. The number of aryl methyl sites for hydroxylation is 2. The van der Waals surface area contributed by atoms with Crippen LogP contribution in [0, 0.1) is 13.8 Å². The third-order valence-corrected chi connectivity index (χ3v) is 5.71. The fourth-order valence-electron chi connectivity index (χ4n) is 2.85. The Bertz CT molecular complexity index is 1090. The van der Waals surface area contributed by atoms with Crippen LogP contribution >= 0.6 is 0 Å². The van der Waals surface area contributed by atoms with E-state index in [4.69, 9.17) is 9.26 Å². The smallest absolute Gasteiger partial charge is 0.387 e. The number of hydrogen-bond acceptors (Lipinski definition) is 6. The first-order chi connectivity index (χ1) is 13.7. The molecule has 2 aromatic carbocycles. The van der Waals surface area contributed by atoms with E-state index in [1.54, 1.807) is 24.3 Å². The summed E-state index contributed by atoms with van der Waals surface area (Å²) in [7, 11) is -2.49. The molecule has 29 heavy (non-hydrogen) atoms. The molecular weight excluding hydrogens is 406 g/mol. The topological polar surface area (TPSA) is 90.7 Å². The van der Waals surface area contributed by atoms with Crippen LogP contribution in [0.5, 0.6) is 11.5 Å². The average Bonchev–Trinajstić information content (AvgIpc) is 3.01. The van der Waals surface area contributed by atoms with Gasteiger partial charge in [0.1, 0.15) is 17.2 Å². The summed E-state index contributed by atoms with van der Waals surface area (Å²) in [5.74, 6) is 0.633. The van der Waals surface area contributed by atoms with Crippen molar-refractivity contribution in [3.8, 4) is 22.6 Å². The van der Waals surface area contributed by atoms with Gasteiger partial charge in [0, 0.05) is 11.3 Å². The number of nitrogens with one attached hydrogen (secondary N) is 1. The molecule has 0 spiro atoms. The summed E-state index contributed by atoms with van der Waals surface area (Å²) in [6, 6.07) is 10.6. The van der Waals surface area contributed by atoms with E-state index in [9.17, 15) is 17.2 Å². The zero-order chi connectivity index (χ0) is 21.2. The Labute approximate surface area is 166 Å². The zero-order valence-electron chi connectivity index (χ0n) is 15.8. The Balaban J connectivity index is 2.02. The highest BCUT2D eigenvalue weighted by atomic mass is 32.2. The van der Waals surface area contributed by atoms with Crippen molar-refractivity contribution < 1.29 is 31.2 Å². The summed E-state index contributed by atoms with van der Waals surface area (Å²) in [6.07, 6.45) is 0. The monoisotopic (exact) mass is 424 g/mol. The van der Waals surface area contributed by atoms with E-state index in [1.807, 2.05) is 0 Å². The third kappa shape index (κ3) is 4.48. The molecular formula is C19H18F2N2O5S. The second kappa shape index (κ2) is 8.08. The number of anilines is 1. The lowest BCUT2D eigenvalue weighted by Gasteiger charge is -2.14. The van der Waals surface area contributed by atoms with Crippen LogP contribution in [0.3, 0.4) is 0 Å². The summed E-state index contributed by atoms with van der Waals surface area (Å²) in [4.78, 5) is -0.0728. The number of rotatable bonds is 7. The first kappa shape index (κ1) is 20.6. The summed E-state index contributed by atoms with van der Waals surface area (Å²) in [5, 5.41) is 3.64. The van der Waals surface area contributed by atoms with Gasteiger partial charge in [-0.3, -0.25) is 4.72 Å². The molecule has 0 atom stereocenters. The molecule has 1 N–H and O–H groups in total. The van der Waals surface area contributed by atoms with Crippen LogP contribution in [-0.2, 0) is 10.0 Å². The molecule has 0 aliphatic rings. The molecule has 0 bridgehead atoms. The average molecular weight is 424 g/mol. The fourth-order valence-corrected chi connectivity index (χ4v) is 4.23. The minimum absolute atomic E-state index is 0.0728. The van der Waals surface area contributed by atoms with Crippen molar-refractivity contribution in [3.63, 3.8) is 0 Å². The summed E-state index contributed by atoms with van der Waals surface area (Å²) >= 11 is 0. The zero-order valence-corrected chi connectivity index (χ0v) is 16.6. The molecule has 1 aromatic heterocycles. The Morgan fingerprint density at radius 3 is 2.34 bits per heavy atom. The molecule has 10 heteroatoms. The Morgan fingerprint density at radius 2 is 1.79 bits per heavy atom.